The molecular weight excluding hydrogens is 483 g/mol. The van der Waals surface area contributed by atoms with Crippen molar-refractivity contribution in [3.63, 3.8) is 0 Å². The number of methoxy groups -OCH3 is 2. The number of fused-ring (bicyclic) bond motifs is 1. The minimum atomic E-state index is -4.16. The molecule has 1 N–H and O–H groups in total. The van der Waals surface area contributed by atoms with E-state index in [1.807, 2.05) is 0 Å². The average Bonchev–Trinajstić information content (AvgIpc) is 2.83. The predicted octanol–water partition coefficient (Wildman–Crippen LogP) is 3.79. The zero-order chi connectivity index (χ0) is 24.5. The van der Waals surface area contributed by atoms with Crippen LogP contribution in [0.15, 0.2) is 70.5 Å². The Labute approximate surface area is 198 Å². The molecule has 3 aromatic carbocycles. The molecule has 34 heavy (non-hydrogen) atoms. The smallest absolute Gasteiger partial charge is 0.265 e. The standard InChI is InChI=1S/C23H23FN2O6S2/c1-31-19-7-9-20(10-8-19)34(29,30)26-13-3-4-16-14-18(6-11-21(16)26)25-33(27,28)23-15-17(24)5-12-22(23)32-2/h5-12,14-15,25H,3-4,13H2,1-2H3. The Morgan fingerprint density at radius 3 is 2.32 bits per heavy atom. The molecule has 180 valence electrons. The molecule has 11 heteroatoms. The van der Waals surface area contributed by atoms with Gasteiger partial charge in [0, 0.05) is 12.2 Å². The lowest BCUT2D eigenvalue weighted by molar-refractivity contribution is 0.401. The van der Waals surface area contributed by atoms with Crippen LogP contribution >= 0.6 is 0 Å². The molecule has 1 heterocycles. The third-order valence-electron chi connectivity index (χ3n) is 5.47. The van der Waals surface area contributed by atoms with E-state index >= 15 is 0 Å². The molecule has 0 spiro atoms. The lowest BCUT2D eigenvalue weighted by Gasteiger charge is -2.31. The summed E-state index contributed by atoms with van der Waals surface area (Å²) in [6, 6.07) is 14.0. The summed E-state index contributed by atoms with van der Waals surface area (Å²) < 4.78 is 79.9. The van der Waals surface area contributed by atoms with E-state index < -0.39 is 25.9 Å². The summed E-state index contributed by atoms with van der Waals surface area (Å²) in [7, 11) is -5.18. The SMILES string of the molecule is COc1ccc(S(=O)(=O)N2CCCc3cc(NS(=O)(=O)c4cc(F)ccc4OC)ccc32)cc1. The maximum atomic E-state index is 13.7. The van der Waals surface area contributed by atoms with Crippen LogP contribution in [0.1, 0.15) is 12.0 Å². The summed E-state index contributed by atoms with van der Waals surface area (Å²) in [5.41, 5.74) is 1.39. The number of aryl methyl sites for hydroxylation is 1. The number of ether oxygens (including phenoxy) is 2. The second kappa shape index (κ2) is 9.15. The summed E-state index contributed by atoms with van der Waals surface area (Å²) >= 11 is 0. The molecule has 0 aromatic heterocycles. The van der Waals surface area contributed by atoms with Crippen molar-refractivity contribution in [2.75, 3.05) is 29.8 Å². The normalized spacial score (nSPS) is 13.8. The van der Waals surface area contributed by atoms with Crippen LogP contribution in [0, 0.1) is 5.82 Å². The molecular formula is C23H23FN2O6S2. The highest BCUT2D eigenvalue weighted by Crippen LogP contribution is 2.35. The zero-order valence-electron chi connectivity index (χ0n) is 18.5. The van der Waals surface area contributed by atoms with E-state index in [0.29, 0.717) is 36.4 Å². The van der Waals surface area contributed by atoms with E-state index in [0.717, 1.165) is 12.1 Å². The fraction of sp³-hybridized carbons (Fsp3) is 0.217. The second-order valence-corrected chi connectivity index (χ2v) is 11.1. The van der Waals surface area contributed by atoms with Gasteiger partial charge in [0.15, 0.2) is 0 Å². The van der Waals surface area contributed by atoms with Crippen molar-refractivity contribution in [2.45, 2.75) is 22.6 Å². The Morgan fingerprint density at radius 2 is 1.65 bits per heavy atom. The molecule has 0 aliphatic carbocycles. The maximum absolute atomic E-state index is 13.7. The topological polar surface area (TPSA) is 102 Å². The van der Waals surface area contributed by atoms with Crippen molar-refractivity contribution in [1.29, 1.82) is 0 Å². The Balaban J connectivity index is 1.65. The lowest BCUT2D eigenvalue weighted by Crippen LogP contribution is -2.35. The summed E-state index contributed by atoms with van der Waals surface area (Å²) in [6.07, 6.45) is 1.14. The third kappa shape index (κ3) is 4.53. The minimum absolute atomic E-state index is 0.00335. The Hall–Kier alpha value is -3.31. The number of halogens is 1. The fourth-order valence-corrected chi connectivity index (χ4v) is 6.59. The van der Waals surface area contributed by atoms with Crippen LogP contribution in [0.4, 0.5) is 15.8 Å². The van der Waals surface area contributed by atoms with Gasteiger partial charge in [-0.1, -0.05) is 0 Å². The van der Waals surface area contributed by atoms with Gasteiger partial charge in [0.1, 0.15) is 22.2 Å². The van der Waals surface area contributed by atoms with Gasteiger partial charge >= 0.3 is 0 Å². The first-order valence-electron chi connectivity index (χ1n) is 10.3. The highest BCUT2D eigenvalue weighted by atomic mass is 32.2. The van der Waals surface area contributed by atoms with Crippen LogP contribution in [-0.2, 0) is 26.5 Å². The Bertz CT molecular complexity index is 1420. The van der Waals surface area contributed by atoms with Gasteiger partial charge in [-0.25, -0.2) is 21.2 Å². The Morgan fingerprint density at radius 1 is 0.912 bits per heavy atom. The maximum Gasteiger partial charge on any atom is 0.265 e. The van der Waals surface area contributed by atoms with Crippen LogP contribution in [0.2, 0.25) is 0 Å². The quantitative estimate of drug-likeness (QED) is 0.523. The molecule has 0 saturated carbocycles. The van der Waals surface area contributed by atoms with Crippen LogP contribution in [0.5, 0.6) is 11.5 Å². The highest BCUT2D eigenvalue weighted by molar-refractivity contribution is 7.93. The molecule has 0 unspecified atom stereocenters. The highest BCUT2D eigenvalue weighted by Gasteiger charge is 2.30. The molecule has 0 atom stereocenters. The summed E-state index contributed by atoms with van der Waals surface area (Å²) in [4.78, 5) is -0.208. The van der Waals surface area contributed by atoms with Gasteiger partial charge in [0.05, 0.1) is 24.8 Å². The minimum Gasteiger partial charge on any atom is -0.497 e. The third-order valence-corrected chi connectivity index (χ3v) is 8.70. The number of anilines is 2. The molecule has 8 nitrogen and oxygen atoms in total. The van der Waals surface area contributed by atoms with Crippen LogP contribution in [0.3, 0.4) is 0 Å². The first-order chi connectivity index (χ1) is 16.2. The summed E-state index contributed by atoms with van der Waals surface area (Å²) in [5, 5.41) is 0. The van der Waals surface area contributed by atoms with Crippen LogP contribution in [0.25, 0.3) is 0 Å². The van der Waals surface area contributed by atoms with Gasteiger partial charge < -0.3 is 9.47 Å². The van der Waals surface area contributed by atoms with Crippen molar-refractivity contribution in [1.82, 2.24) is 0 Å². The number of hydrogen-bond donors (Lipinski definition) is 1. The molecule has 0 saturated heterocycles. The molecule has 1 aliphatic heterocycles. The second-order valence-electron chi connectivity index (χ2n) is 7.60. The van der Waals surface area contributed by atoms with Gasteiger partial charge in [-0.05, 0) is 79.1 Å². The fourth-order valence-electron chi connectivity index (χ4n) is 3.82. The van der Waals surface area contributed by atoms with Gasteiger partial charge in [-0.15, -0.1) is 0 Å². The van der Waals surface area contributed by atoms with E-state index in [9.17, 15) is 21.2 Å². The molecule has 4 rings (SSSR count). The van der Waals surface area contributed by atoms with Crippen molar-refractivity contribution in [3.8, 4) is 11.5 Å². The van der Waals surface area contributed by atoms with Gasteiger partial charge in [0.2, 0.25) is 0 Å². The lowest BCUT2D eigenvalue weighted by atomic mass is 10.0. The number of sulfonamides is 2. The Kier molecular flexibility index (Phi) is 6.41. The molecule has 0 radical (unpaired) electrons. The first kappa shape index (κ1) is 23.8. The number of rotatable bonds is 7. The number of benzene rings is 3. The van der Waals surface area contributed by atoms with Crippen molar-refractivity contribution in [2.24, 2.45) is 0 Å². The predicted molar refractivity (Wildman–Crippen MR) is 126 cm³/mol. The van der Waals surface area contributed by atoms with Crippen molar-refractivity contribution >= 4 is 31.4 Å². The molecule has 0 bridgehead atoms. The zero-order valence-corrected chi connectivity index (χ0v) is 20.1. The van der Waals surface area contributed by atoms with Crippen molar-refractivity contribution in [3.05, 3.63) is 72.0 Å². The van der Waals surface area contributed by atoms with E-state index in [1.54, 1.807) is 24.3 Å². The van der Waals surface area contributed by atoms with E-state index in [4.69, 9.17) is 9.47 Å². The summed E-state index contributed by atoms with van der Waals surface area (Å²) in [6.45, 7) is 0.299. The van der Waals surface area contributed by atoms with E-state index in [-0.39, 0.29) is 21.2 Å². The number of nitrogens with one attached hydrogen (secondary N) is 1. The van der Waals surface area contributed by atoms with Gasteiger partial charge in [-0.2, -0.15) is 0 Å². The van der Waals surface area contributed by atoms with Gasteiger partial charge in [0.25, 0.3) is 20.0 Å². The molecule has 1 aliphatic rings. The number of nitrogens with zero attached hydrogens (tertiary/aromatic N) is 1. The summed E-state index contributed by atoms with van der Waals surface area (Å²) in [5.74, 6) is -0.167. The first-order valence-corrected chi connectivity index (χ1v) is 13.2. The average molecular weight is 507 g/mol. The van der Waals surface area contributed by atoms with E-state index in [2.05, 4.69) is 4.72 Å². The van der Waals surface area contributed by atoms with Crippen LogP contribution in [-0.4, -0.2) is 37.6 Å². The molecule has 0 amide bonds. The van der Waals surface area contributed by atoms with Crippen LogP contribution < -0.4 is 18.5 Å². The molecule has 0 fully saturated rings. The van der Waals surface area contributed by atoms with E-state index in [1.165, 1.54) is 42.8 Å². The number of hydrogen-bond acceptors (Lipinski definition) is 6. The monoisotopic (exact) mass is 506 g/mol. The van der Waals surface area contributed by atoms with Crippen molar-refractivity contribution < 1.29 is 30.7 Å². The van der Waals surface area contributed by atoms with Gasteiger partial charge in [-0.3, -0.25) is 9.03 Å². The largest absolute Gasteiger partial charge is 0.497 e. The molecule has 3 aromatic rings.